The first-order chi connectivity index (χ1) is 9.09. The third-order valence-electron chi connectivity index (χ3n) is 4.26. The van der Waals surface area contributed by atoms with Crippen LogP contribution < -0.4 is 24.8 Å². The smallest absolute Gasteiger partial charge is 1.00 e. The Kier molecular flexibility index (Phi) is 8.35. The molecule has 0 nitrogen and oxygen atoms in total. The van der Waals surface area contributed by atoms with Crippen molar-refractivity contribution in [2.24, 2.45) is 0 Å². The molecule has 0 fully saturated rings. The summed E-state index contributed by atoms with van der Waals surface area (Å²) in [5.74, 6) is 0. The summed E-state index contributed by atoms with van der Waals surface area (Å²) in [5.41, 5.74) is 10.6. The van der Waals surface area contributed by atoms with Crippen molar-refractivity contribution in [2.75, 3.05) is 0 Å². The Hall–Kier alpha value is -0.357. The summed E-state index contributed by atoms with van der Waals surface area (Å²) in [6, 6.07) is 0. The van der Waals surface area contributed by atoms with Crippen molar-refractivity contribution >= 4 is 0 Å². The number of rotatable bonds is 2. The average Bonchev–Trinajstić information content (AvgIpc) is 3.02. The molecule has 0 aromatic carbocycles. The van der Waals surface area contributed by atoms with E-state index in [0.717, 1.165) is 18.4 Å². The molecule has 3 rings (SSSR count). The Morgan fingerprint density at radius 2 is 1.41 bits per heavy atom. The molecular weight excluding hydrogens is 390 g/mol. The van der Waals surface area contributed by atoms with Gasteiger partial charge in [-0.2, -0.15) is 6.58 Å². The molecular formula is C19H19Cl2Zr. The van der Waals surface area contributed by atoms with Crippen molar-refractivity contribution < 1.29 is 51.0 Å². The van der Waals surface area contributed by atoms with Gasteiger partial charge in [0.15, 0.2) is 0 Å². The van der Waals surface area contributed by atoms with Gasteiger partial charge in [-0.05, 0) is 26.7 Å². The van der Waals surface area contributed by atoms with Crippen molar-refractivity contribution in [2.45, 2.75) is 33.6 Å². The van der Waals surface area contributed by atoms with Gasteiger partial charge in [0.05, 0.1) is 0 Å². The normalized spacial score (nSPS) is 19.4. The summed E-state index contributed by atoms with van der Waals surface area (Å²) in [6.45, 7) is 10.8. The first-order valence-electron chi connectivity index (χ1n) is 6.87. The van der Waals surface area contributed by atoms with Gasteiger partial charge in [0.25, 0.3) is 0 Å². The van der Waals surface area contributed by atoms with Gasteiger partial charge in [-0.1, -0.05) is 53.5 Å². The Balaban J connectivity index is 0.00000147. The second kappa shape index (κ2) is 8.48. The van der Waals surface area contributed by atoms with Crippen LogP contribution in [0.25, 0.3) is 0 Å². The van der Waals surface area contributed by atoms with Gasteiger partial charge in [0.1, 0.15) is 0 Å². The second-order valence-electron chi connectivity index (χ2n) is 5.51. The Labute approximate surface area is 165 Å². The second-order valence-corrected chi connectivity index (χ2v) is 5.51. The maximum Gasteiger partial charge on any atom is 3.00 e. The largest absolute Gasteiger partial charge is 3.00 e. The van der Waals surface area contributed by atoms with Gasteiger partial charge in [-0.3, -0.25) is 0 Å². The molecule has 0 unspecified atom stereocenters. The molecule has 113 valence electrons. The van der Waals surface area contributed by atoms with Gasteiger partial charge < -0.3 is 24.8 Å². The van der Waals surface area contributed by atoms with E-state index in [2.05, 4.69) is 57.7 Å². The molecule has 0 aromatic heterocycles. The number of hydrogen-bond donors (Lipinski definition) is 0. The maximum absolute atomic E-state index is 4.22. The van der Waals surface area contributed by atoms with E-state index in [-0.39, 0.29) is 51.0 Å². The van der Waals surface area contributed by atoms with Crippen LogP contribution in [0.2, 0.25) is 0 Å². The topological polar surface area (TPSA) is 0 Å². The van der Waals surface area contributed by atoms with E-state index in [1.165, 1.54) is 39.0 Å². The molecule has 1 radical (unpaired) electrons. The number of halogens is 2. The van der Waals surface area contributed by atoms with Crippen LogP contribution in [-0.2, 0) is 26.2 Å². The van der Waals surface area contributed by atoms with Crippen molar-refractivity contribution in [3.8, 4) is 0 Å². The summed E-state index contributed by atoms with van der Waals surface area (Å²) in [5, 5.41) is 0. The van der Waals surface area contributed by atoms with Gasteiger partial charge in [0.2, 0.25) is 0 Å². The Morgan fingerprint density at radius 3 is 1.86 bits per heavy atom. The molecule has 0 aliphatic heterocycles. The summed E-state index contributed by atoms with van der Waals surface area (Å²) >= 11 is 0. The Bertz CT molecular complexity index is 668. The minimum atomic E-state index is 0. The van der Waals surface area contributed by atoms with E-state index < -0.39 is 0 Å². The van der Waals surface area contributed by atoms with Crippen LogP contribution in [0.3, 0.4) is 0 Å². The van der Waals surface area contributed by atoms with E-state index >= 15 is 0 Å². The average molecular weight is 409 g/mol. The Morgan fingerprint density at radius 1 is 0.909 bits per heavy atom. The molecule has 3 aliphatic rings. The predicted molar refractivity (Wildman–Crippen MR) is 81.5 cm³/mol. The zero-order chi connectivity index (χ0) is 13.6. The third kappa shape index (κ3) is 3.58. The summed E-state index contributed by atoms with van der Waals surface area (Å²) in [4.78, 5) is 0. The van der Waals surface area contributed by atoms with Crippen LogP contribution in [0, 0.1) is 6.08 Å². The molecule has 0 aromatic rings. The van der Waals surface area contributed by atoms with Gasteiger partial charge >= 0.3 is 26.2 Å². The fraction of sp³-hybridized carbons (Fsp3) is 0.263. The monoisotopic (exact) mass is 407 g/mol. The quantitative estimate of drug-likeness (QED) is 0.522. The number of hydrogen-bond acceptors (Lipinski definition) is 0. The van der Waals surface area contributed by atoms with Crippen molar-refractivity contribution in [1.29, 1.82) is 0 Å². The molecule has 0 atom stereocenters. The number of allylic oxidation sites excluding steroid dienone is 13. The van der Waals surface area contributed by atoms with Crippen LogP contribution in [0.1, 0.15) is 33.6 Å². The minimum absolute atomic E-state index is 0. The van der Waals surface area contributed by atoms with Crippen LogP contribution in [0.4, 0.5) is 0 Å². The van der Waals surface area contributed by atoms with Crippen LogP contribution in [0.15, 0.2) is 75.5 Å². The molecule has 0 spiro atoms. The van der Waals surface area contributed by atoms with Gasteiger partial charge in [-0.25, -0.2) is 0 Å². The minimum Gasteiger partial charge on any atom is -1.00 e. The molecule has 22 heavy (non-hydrogen) atoms. The standard InChI is InChI=1S/C19H19.2ClH.Zr/c1-12-7-5-9-16(12)18-11-14(3)19(15(18)4)17-10-6-8-13(17)2;;;/h5-8H,3,9-10H2,1-2,4H3;2*1H;/q-1;;;+3/p-2. The van der Waals surface area contributed by atoms with Crippen LogP contribution >= 0.6 is 0 Å². The van der Waals surface area contributed by atoms with E-state index in [9.17, 15) is 0 Å². The van der Waals surface area contributed by atoms with Gasteiger partial charge in [0, 0.05) is 0 Å². The molecule has 0 N–H and O–H groups in total. The fourth-order valence-electron chi connectivity index (χ4n) is 3.20. The predicted octanol–water partition coefficient (Wildman–Crippen LogP) is -0.839. The fourth-order valence-corrected chi connectivity index (χ4v) is 3.20. The molecule has 3 aliphatic carbocycles. The van der Waals surface area contributed by atoms with Crippen molar-refractivity contribution in [3.05, 3.63) is 81.5 Å². The first-order valence-corrected chi connectivity index (χ1v) is 6.87. The molecule has 0 heterocycles. The zero-order valence-corrected chi connectivity index (χ0v) is 17.2. The molecule has 0 saturated heterocycles. The molecule has 0 bridgehead atoms. The SMILES string of the molecule is C=C1[C-]=C(C2=C(C)C=CC2)C(C)=C1C1=C(C)C=CC1.[Cl-].[Cl-].[Zr+3]. The van der Waals surface area contributed by atoms with Gasteiger partial charge in [-0.15, -0.1) is 28.4 Å². The molecule has 3 heteroatoms. The first kappa shape index (κ1) is 21.6. The van der Waals surface area contributed by atoms with E-state index in [1.807, 2.05) is 0 Å². The van der Waals surface area contributed by atoms with Crippen molar-refractivity contribution in [1.82, 2.24) is 0 Å². The van der Waals surface area contributed by atoms with E-state index in [1.54, 1.807) is 0 Å². The third-order valence-corrected chi connectivity index (χ3v) is 4.26. The summed E-state index contributed by atoms with van der Waals surface area (Å²) in [7, 11) is 0. The van der Waals surface area contributed by atoms with E-state index in [4.69, 9.17) is 0 Å². The maximum atomic E-state index is 4.22. The van der Waals surface area contributed by atoms with Crippen LogP contribution in [0.5, 0.6) is 0 Å². The van der Waals surface area contributed by atoms with Crippen molar-refractivity contribution in [3.63, 3.8) is 0 Å². The molecule has 0 amide bonds. The summed E-state index contributed by atoms with van der Waals surface area (Å²) in [6.07, 6.45) is 14.5. The zero-order valence-electron chi connectivity index (χ0n) is 13.2. The summed E-state index contributed by atoms with van der Waals surface area (Å²) < 4.78 is 0. The van der Waals surface area contributed by atoms with Crippen LogP contribution in [-0.4, -0.2) is 0 Å². The molecule has 0 saturated carbocycles. The van der Waals surface area contributed by atoms with E-state index in [0.29, 0.717) is 0 Å².